The number of hydrogen-bond acceptors (Lipinski definition) is 5. The molecule has 0 saturated carbocycles. The van der Waals surface area contributed by atoms with Crippen molar-refractivity contribution < 1.29 is 36.6 Å². The zero-order valence-corrected chi connectivity index (χ0v) is 20.5. The second kappa shape index (κ2) is 10.9. The molecule has 196 valence electrons. The first-order valence-electron chi connectivity index (χ1n) is 11.1. The molecule has 0 aliphatic heterocycles. The number of carbonyl (C=O) groups is 2. The van der Waals surface area contributed by atoms with Crippen molar-refractivity contribution in [1.29, 1.82) is 0 Å². The molecule has 3 rings (SSSR count). The molecule has 2 N–H and O–H groups in total. The summed E-state index contributed by atoms with van der Waals surface area (Å²) in [7, 11) is 0. The predicted octanol–water partition coefficient (Wildman–Crippen LogP) is 6.62. The van der Waals surface area contributed by atoms with Crippen LogP contribution >= 0.6 is 0 Å². The second-order valence-corrected chi connectivity index (χ2v) is 9.09. The first-order valence-corrected chi connectivity index (χ1v) is 11.1. The number of rotatable bonds is 6. The van der Waals surface area contributed by atoms with Gasteiger partial charge in [0.15, 0.2) is 0 Å². The van der Waals surface area contributed by atoms with Crippen LogP contribution in [0, 0.1) is 12.7 Å². The molecule has 2 amide bonds. The van der Waals surface area contributed by atoms with Gasteiger partial charge in [0.25, 0.3) is 5.91 Å². The summed E-state index contributed by atoms with van der Waals surface area (Å²) < 4.78 is 63.1. The van der Waals surface area contributed by atoms with E-state index in [0.29, 0.717) is 11.8 Å². The SMILES string of the molecule is Cc1cc(CNC(=O)OC(C)(C)C)ccc1Oc1ccc(NC(=O)c2ccc(C(F)(F)F)cc2F)cn1. The lowest BCUT2D eigenvalue weighted by atomic mass is 10.1. The number of halogens is 4. The fourth-order valence-corrected chi connectivity index (χ4v) is 3.13. The van der Waals surface area contributed by atoms with Crippen LogP contribution in [0.1, 0.15) is 47.8 Å². The van der Waals surface area contributed by atoms with E-state index < -0.39 is 40.7 Å². The number of alkyl carbamates (subject to hydrolysis) is 1. The molecule has 0 saturated heterocycles. The summed E-state index contributed by atoms with van der Waals surface area (Å²) >= 11 is 0. The summed E-state index contributed by atoms with van der Waals surface area (Å²) in [6.07, 6.45) is -3.97. The van der Waals surface area contributed by atoms with Gasteiger partial charge in [-0.15, -0.1) is 0 Å². The maximum Gasteiger partial charge on any atom is 0.416 e. The van der Waals surface area contributed by atoms with E-state index in [-0.39, 0.29) is 24.2 Å². The van der Waals surface area contributed by atoms with E-state index in [0.717, 1.165) is 17.2 Å². The van der Waals surface area contributed by atoms with Crippen LogP contribution in [0.2, 0.25) is 0 Å². The van der Waals surface area contributed by atoms with E-state index in [1.54, 1.807) is 32.9 Å². The van der Waals surface area contributed by atoms with Crippen molar-refractivity contribution in [2.75, 3.05) is 5.32 Å². The molecule has 37 heavy (non-hydrogen) atoms. The van der Waals surface area contributed by atoms with Gasteiger partial charge in [-0.05, 0) is 69.2 Å². The van der Waals surface area contributed by atoms with E-state index in [9.17, 15) is 27.2 Å². The van der Waals surface area contributed by atoms with E-state index in [1.165, 1.54) is 18.3 Å². The largest absolute Gasteiger partial charge is 0.444 e. The zero-order chi connectivity index (χ0) is 27.4. The van der Waals surface area contributed by atoms with Crippen LogP contribution in [0.25, 0.3) is 0 Å². The highest BCUT2D eigenvalue weighted by molar-refractivity contribution is 6.04. The lowest BCUT2D eigenvalue weighted by Crippen LogP contribution is -2.32. The monoisotopic (exact) mass is 519 g/mol. The summed E-state index contributed by atoms with van der Waals surface area (Å²) in [5.41, 5.74) is -0.520. The third kappa shape index (κ3) is 7.92. The fourth-order valence-electron chi connectivity index (χ4n) is 3.13. The molecule has 2 aromatic carbocycles. The summed E-state index contributed by atoms with van der Waals surface area (Å²) in [6, 6.07) is 9.92. The highest BCUT2D eigenvalue weighted by Gasteiger charge is 2.31. The van der Waals surface area contributed by atoms with Crippen LogP contribution in [0.4, 0.5) is 28.0 Å². The first kappa shape index (κ1) is 27.4. The first-order chi connectivity index (χ1) is 17.2. The quantitative estimate of drug-likeness (QED) is 0.358. The molecule has 0 fully saturated rings. The molecule has 0 bridgehead atoms. The number of nitrogens with one attached hydrogen (secondary N) is 2. The minimum absolute atomic E-state index is 0.192. The normalized spacial score (nSPS) is 11.6. The van der Waals surface area contributed by atoms with Gasteiger partial charge < -0.3 is 20.1 Å². The molecular formula is C26H25F4N3O4. The average Bonchev–Trinajstić information content (AvgIpc) is 2.78. The van der Waals surface area contributed by atoms with Crippen LogP contribution < -0.4 is 15.4 Å². The van der Waals surface area contributed by atoms with Gasteiger partial charge in [0.1, 0.15) is 17.2 Å². The van der Waals surface area contributed by atoms with Gasteiger partial charge in [0, 0.05) is 12.6 Å². The van der Waals surface area contributed by atoms with Crippen LogP contribution in [0.5, 0.6) is 11.6 Å². The number of benzene rings is 2. The van der Waals surface area contributed by atoms with E-state index in [2.05, 4.69) is 15.6 Å². The van der Waals surface area contributed by atoms with Gasteiger partial charge in [0.2, 0.25) is 5.88 Å². The number of aryl methyl sites for hydroxylation is 1. The fraction of sp³-hybridized carbons (Fsp3) is 0.269. The van der Waals surface area contributed by atoms with E-state index >= 15 is 0 Å². The molecule has 0 spiro atoms. The predicted molar refractivity (Wildman–Crippen MR) is 128 cm³/mol. The molecule has 0 radical (unpaired) electrons. The lowest BCUT2D eigenvalue weighted by molar-refractivity contribution is -0.137. The summed E-state index contributed by atoms with van der Waals surface area (Å²) in [6.45, 7) is 7.41. The van der Waals surface area contributed by atoms with Crippen LogP contribution in [0.15, 0.2) is 54.7 Å². The number of aromatic nitrogens is 1. The Kier molecular flexibility index (Phi) is 8.05. The summed E-state index contributed by atoms with van der Waals surface area (Å²) in [4.78, 5) is 28.2. The number of nitrogens with zero attached hydrogens (tertiary/aromatic N) is 1. The van der Waals surface area contributed by atoms with Crippen molar-refractivity contribution >= 4 is 17.7 Å². The highest BCUT2D eigenvalue weighted by Crippen LogP contribution is 2.30. The Balaban J connectivity index is 1.59. The molecule has 1 aromatic heterocycles. The van der Waals surface area contributed by atoms with Crippen molar-refractivity contribution in [1.82, 2.24) is 10.3 Å². The van der Waals surface area contributed by atoms with Gasteiger partial charge in [0.05, 0.1) is 23.0 Å². The minimum atomic E-state index is -4.72. The topological polar surface area (TPSA) is 89.5 Å². The molecule has 0 aliphatic rings. The highest BCUT2D eigenvalue weighted by atomic mass is 19.4. The zero-order valence-electron chi connectivity index (χ0n) is 20.5. The third-order valence-electron chi connectivity index (χ3n) is 4.82. The van der Waals surface area contributed by atoms with Gasteiger partial charge in [-0.25, -0.2) is 14.2 Å². The molecule has 1 heterocycles. The Morgan fingerprint density at radius 1 is 1.00 bits per heavy atom. The number of carbonyl (C=O) groups excluding carboxylic acids is 2. The number of ether oxygens (including phenoxy) is 2. The summed E-state index contributed by atoms with van der Waals surface area (Å²) in [5, 5.41) is 5.06. The van der Waals surface area contributed by atoms with Crippen LogP contribution in [0.3, 0.4) is 0 Å². The van der Waals surface area contributed by atoms with Crippen molar-refractivity contribution in [2.24, 2.45) is 0 Å². The van der Waals surface area contributed by atoms with Gasteiger partial charge in [-0.3, -0.25) is 4.79 Å². The van der Waals surface area contributed by atoms with Crippen molar-refractivity contribution in [2.45, 2.75) is 46.0 Å². The standard InChI is InChI=1S/C26H25F4N3O4/c1-15-11-16(13-32-24(35)37-25(2,3)4)5-9-21(15)36-22-10-7-18(14-31-22)33-23(34)19-8-6-17(12-20(19)27)26(28,29)30/h5-12,14H,13H2,1-4H3,(H,32,35)(H,33,34). The van der Waals surface area contributed by atoms with Gasteiger partial charge in [-0.1, -0.05) is 12.1 Å². The molecule has 0 atom stereocenters. The van der Waals surface area contributed by atoms with Crippen molar-refractivity contribution in [3.63, 3.8) is 0 Å². The number of alkyl halides is 3. The van der Waals surface area contributed by atoms with Gasteiger partial charge >= 0.3 is 12.3 Å². The average molecular weight is 519 g/mol. The molecular weight excluding hydrogens is 494 g/mol. The smallest absolute Gasteiger partial charge is 0.416 e. The second-order valence-electron chi connectivity index (χ2n) is 9.09. The van der Waals surface area contributed by atoms with Crippen molar-refractivity contribution in [3.8, 4) is 11.6 Å². The molecule has 11 heteroatoms. The number of hydrogen-bond donors (Lipinski definition) is 2. The van der Waals surface area contributed by atoms with E-state index in [1.807, 2.05) is 13.0 Å². The Hall–Kier alpha value is -4.15. The number of amides is 2. The Morgan fingerprint density at radius 3 is 2.30 bits per heavy atom. The minimum Gasteiger partial charge on any atom is -0.444 e. The molecule has 3 aromatic rings. The Morgan fingerprint density at radius 2 is 1.73 bits per heavy atom. The van der Waals surface area contributed by atoms with Gasteiger partial charge in [-0.2, -0.15) is 13.2 Å². The Bertz CT molecular complexity index is 1290. The Labute approximate surface area is 210 Å². The molecule has 0 aliphatic carbocycles. The molecule has 7 nitrogen and oxygen atoms in total. The number of pyridine rings is 1. The number of anilines is 1. The summed E-state index contributed by atoms with van der Waals surface area (Å²) in [5.74, 6) is -1.49. The third-order valence-corrected chi connectivity index (χ3v) is 4.82. The lowest BCUT2D eigenvalue weighted by Gasteiger charge is -2.19. The molecule has 0 unspecified atom stereocenters. The maximum absolute atomic E-state index is 14.0. The maximum atomic E-state index is 14.0. The van der Waals surface area contributed by atoms with Crippen LogP contribution in [-0.2, 0) is 17.5 Å². The van der Waals surface area contributed by atoms with Crippen molar-refractivity contribution in [3.05, 3.63) is 82.8 Å². The van der Waals surface area contributed by atoms with Crippen LogP contribution in [-0.4, -0.2) is 22.6 Å². The van der Waals surface area contributed by atoms with E-state index in [4.69, 9.17) is 9.47 Å².